The number of thiocarbonyl (C=S) groups is 1. The van der Waals surface area contributed by atoms with Gasteiger partial charge in [-0.1, -0.05) is 41.5 Å². The normalized spacial score (nSPS) is 10.7. The van der Waals surface area contributed by atoms with Crippen molar-refractivity contribution in [2.45, 2.75) is 6.92 Å². The van der Waals surface area contributed by atoms with Crippen LogP contribution >= 0.6 is 35.4 Å². The molecule has 0 bridgehead atoms. The molecule has 3 rings (SSSR count). The molecule has 0 saturated carbocycles. The van der Waals surface area contributed by atoms with Crippen LogP contribution in [0.1, 0.15) is 21.6 Å². The summed E-state index contributed by atoms with van der Waals surface area (Å²) in [6, 6.07) is 12.6. The molecule has 2 heterocycles. The van der Waals surface area contributed by atoms with Crippen LogP contribution in [0.25, 0.3) is 5.52 Å². The number of hydrogen-bond acceptors (Lipinski definition) is 2. The standard InChI is InChI=1S/C17H12Cl2N2OS/c1-10-8-12-4-2-3-7-21(12)15(10)17(23)20-16(22)13-6-5-11(18)9-14(13)19/h2-9H,1H3,(H,20,22,23). The van der Waals surface area contributed by atoms with Crippen LogP contribution < -0.4 is 5.32 Å². The summed E-state index contributed by atoms with van der Waals surface area (Å²) in [4.78, 5) is 12.7. The Morgan fingerprint density at radius 1 is 1.17 bits per heavy atom. The molecule has 1 N–H and O–H groups in total. The SMILES string of the molecule is Cc1cc2ccccn2c1C(=S)NC(=O)c1ccc(Cl)cc1Cl. The minimum atomic E-state index is -0.359. The van der Waals surface area contributed by atoms with E-state index in [9.17, 15) is 4.79 Å². The lowest BCUT2D eigenvalue weighted by atomic mass is 10.2. The number of benzene rings is 1. The second-order valence-electron chi connectivity index (χ2n) is 5.08. The molecule has 23 heavy (non-hydrogen) atoms. The van der Waals surface area contributed by atoms with E-state index in [1.807, 2.05) is 41.8 Å². The summed E-state index contributed by atoms with van der Waals surface area (Å²) >= 11 is 17.3. The molecule has 6 heteroatoms. The molecule has 1 aromatic carbocycles. The summed E-state index contributed by atoms with van der Waals surface area (Å²) in [5.41, 5.74) is 3.12. The van der Waals surface area contributed by atoms with Gasteiger partial charge in [-0.3, -0.25) is 4.79 Å². The van der Waals surface area contributed by atoms with Gasteiger partial charge in [-0.05, 0) is 48.9 Å². The minimum Gasteiger partial charge on any atom is -0.314 e. The van der Waals surface area contributed by atoms with E-state index in [4.69, 9.17) is 35.4 Å². The number of aryl methyl sites for hydroxylation is 1. The van der Waals surface area contributed by atoms with Gasteiger partial charge < -0.3 is 9.72 Å². The fraction of sp³-hybridized carbons (Fsp3) is 0.0588. The Morgan fingerprint density at radius 3 is 2.70 bits per heavy atom. The summed E-state index contributed by atoms with van der Waals surface area (Å²) in [7, 11) is 0. The molecular formula is C17H12Cl2N2OS. The molecular weight excluding hydrogens is 351 g/mol. The first-order valence-electron chi connectivity index (χ1n) is 6.85. The van der Waals surface area contributed by atoms with E-state index in [0.29, 0.717) is 15.6 Å². The monoisotopic (exact) mass is 362 g/mol. The number of amides is 1. The zero-order valence-corrected chi connectivity index (χ0v) is 14.5. The number of rotatable bonds is 2. The van der Waals surface area contributed by atoms with Gasteiger partial charge in [0.1, 0.15) is 4.99 Å². The summed E-state index contributed by atoms with van der Waals surface area (Å²) in [5, 5.41) is 3.50. The maximum Gasteiger partial charge on any atom is 0.257 e. The van der Waals surface area contributed by atoms with Crippen molar-refractivity contribution in [2.24, 2.45) is 0 Å². The number of halogens is 2. The Hall–Kier alpha value is -1.88. The van der Waals surface area contributed by atoms with E-state index in [0.717, 1.165) is 16.8 Å². The third-order valence-electron chi connectivity index (χ3n) is 3.49. The molecule has 1 amide bonds. The van der Waals surface area contributed by atoms with E-state index >= 15 is 0 Å². The Balaban J connectivity index is 1.91. The summed E-state index contributed by atoms with van der Waals surface area (Å²) in [6.45, 7) is 1.95. The van der Waals surface area contributed by atoms with E-state index in [-0.39, 0.29) is 10.9 Å². The molecule has 0 aliphatic rings. The number of nitrogens with one attached hydrogen (secondary N) is 1. The van der Waals surface area contributed by atoms with Crippen LogP contribution in [0.15, 0.2) is 48.7 Å². The topological polar surface area (TPSA) is 33.5 Å². The van der Waals surface area contributed by atoms with E-state index < -0.39 is 0 Å². The van der Waals surface area contributed by atoms with Crippen LogP contribution in [-0.4, -0.2) is 15.3 Å². The van der Waals surface area contributed by atoms with Crippen molar-refractivity contribution in [3.8, 4) is 0 Å². The van der Waals surface area contributed by atoms with Crippen LogP contribution in [0.5, 0.6) is 0 Å². The summed E-state index contributed by atoms with van der Waals surface area (Å²) in [5.74, 6) is -0.359. The Kier molecular flexibility index (Phi) is 4.39. The molecule has 116 valence electrons. The molecule has 0 aliphatic heterocycles. The number of nitrogens with zero attached hydrogens (tertiary/aromatic N) is 1. The van der Waals surface area contributed by atoms with Crippen LogP contribution in [0.2, 0.25) is 10.0 Å². The molecule has 0 spiro atoms. The number of carbonyl (C=O) groups is 1. The number of aromatic nitrogens is 1. The third-order valence-corrected chi connectivity index (χ3v) is 4.33. The second-order valence-corrected chi connectivity index (χ2v) is 6.33. The first-order valence-corrected chi connectivity index (χ1v) is 8.01. The minimum absolute atomic E-state index is 0.287. The van der Waals surface area contributed by atoms with Gasteiger partial charge in [0.05, 0.1) is 16.3 Å². The van der Waals surface area contributed by atoms with E-state index in [1.165, 1.54) is 6.07 Å². The predicted octanol–water partition coefficient (Wildman–Crippen LogP) is 4.66. The van der Waals surface area contributed by atoms with Gasteiger partial charge in [0, 0.05) is 16.7 Å². The highest BCUT2D eigenvalue weighted by Gasteiger charge is 2.16. The molecule has 0 unspecified atom stereocenters. The quantitative estimate of drug-likeness (QED) is 0.672. The molecule has 3 nitrogen and oxygen atoms in total. The van der Waals surface area contributed by atoms with Crippen molar-refractivity contribution in [1.29, 1.82) is 0 Å². The molecule has 0 radical (unpaired) electrons. The number of carbonyl (C=O) groups excluding carboxylic acids is 1. The lowest BCUT2D eigenvalue weighted by Gasteiger charge is -2.10. The van der Waals surface area contributed by atoms with Gasteiger partial charge in [-0.25, -0.2) is 0 Å². The molecule has 0 fully saturated rings. The largest absolute Gasteiger partial charge is 0.314 e. The van der Waals surface area contributed by atoms with Crippen molar-refractivity contribution in [1.82, 2.24) is 9.72 Å². The van der Waals surface area contributed by atoms with Gasteiger partial charge in [-0.15, -0.1) is 0 Å². The van der Waals surface area contributed by atoms with Crippen molar-refractivity contribution in [3.63, 3.8) is 0 Å². The molecule has 0 aliphatic carbocycles. The second kappa shape index (κ2) is 6.32. The molecule has 3 aromatic rings. The van der Waals surface area contributed by atoms with Gasteiger partial charge in [0.2, 0.25) is 0 Å². The fourth-order valence-electron chi connectivity index (χ4n) is 2.45. The van der Waals surface area contributed by atoms with Crippen molar-refractivity contribution >= 4 is 51.8 Å². The van der Waals surface area contributed by atoms with Gasteiger partial charge in [-0.2, -0.15) is 0 Å². The maximum absolute atomic E-state index is 12.4. The number of hydrogen-bond donors (Lipinski definition) is 1. The smallest absolute Gasteiger partial charge is 0.257 e. The van der Waals surface area contributed by atoms with Gasteiger partial charge in [0.25, 0.3) is 5.91 Å². The maximum atomic E-state index is 12.4. The lowest BCUT2D eigenvalue weighted by molar-refractivity contribution is 0.0978. The zero-order chi connectivity index (χ0) is 16.6. The highest BCUT2D eigenvalue weighted by molar-refractivity contribution is 7.80. The molecule has 0 saturated heterocycles. The van der Waals surface area contributed by atoms with Crippen molar-refractivity contribution < 1.29 is 4.79 Å². The van der Waals surface area contributed by atoms with Crippen LogP contribution in [0, 0.1) is 6.92 Å². The summed E-state index contributed by atoms with van der Waals surface area (Å²) in [6.07, 6.45) is 1.91. The number of fused-ring (bicyclic) bond motifs is 1. The fourth-order valence-corrected chi connectivity index (χ4v) is 3.30. The average Bonchev–Trinajstić information content (AvgIpc) is 2.82. The average molecular weight is 363 g/mol. The highest BCUT2D eigenvalue weighted by Crippen LogP contribution is 2.21. The van der Waals surface area contributed by atoms with Gasteiger partial charge in [0.15, 0.2) is 0 Å². The molecule has 0 atom stereocenters. The van der Waals surface area contributed by atoms with Crippen LogP contribution in [0.4, 0.5) is 0 Å². The third kappa shape index (κ3) is 3.11. The Bertz CT molecular complexity index is 933. The van der Waals surface area contributed by atoms with Crippen molar-refractivity contribution in [3.05, 3.63) is 75.5 Å². The Morgan fingerprint density at radius 2 is 1.96 bits per heavy atom. The Labute approximate surface area is 148 Å². The predicted molar refractivity (Wildman–Crippen MR) is 97.8 cm³/mol. The van der Waals surface area contributed by atoms with E-state index in [2.05, 4.69) is 5.32 Å². The van der Waals surface area contributed by atoms with Gasteiger partial charge >= 0.3 is 0 Å². The molecule has 2 aromatic heterocycles. The lowest BCUT2D eigenvalue weighted by Crippen LogP contribution is -2.31. The summed E-state index contributed by atoms with van der Waals surface area (Å²) < 4.78 is 1.95. The van der Waals surface area contributed by atoms with E-state index in [1.54, 1.807) is 12.1 Å². The van der Waals surface area contributed by atoms with Crippen molar-refractivity contribution in [2.75, 3.05) is 0 Å². The highest BCUT2D eigenvalue weighted by atomic mass is 35.5. The zero-order valence-electron chi connectivity index (χ0n) is 12.1. The first kappa shape index (κ1) is 16.0. The first-order chi connectivity index (χ1) is 11.0. The van der Waals surface area contributed by atoms with Crippen LogP contribution in [0.3, 0.4) is 0 Å². The number of pyridine rings is 1. The van der Waals surface area contributed by atoms with Crippen LogP contribution in [-0.2, 0) is 0 Å².